The van der Waals surface area contributed by atoms with Crippen LogP contribution in [0.25, 0.3) is 0 Å². The number of Topliss-reactive ketones (excluding diaryl/α,β-unsaturated/α-hetero) is 2. The smallest absolute Gasteiger partial charge is 0.302 e. The van der Waals surface area contributed by atoms with Gasteiger partial charge in [-0.25, -0.2) is 0 Å². The van der Waals surface area contributed by atoms with E-state index in [0.29, 0.717) is 37.7 Å². The first-order valence-corrected chi connectivity index (χ1v) is 12.6. The van der Waals surface area contributed by atoms with Gasteiger partial charge in [-0.2, -0.15) is 0 Å². The molecule has 0 amide bonds. The molecule has 0 saturated heterocycles. The van der Waals surface area contributed by atoms with Gasteiger partial charge in [0.15, 0.2) is 11.6 Å². The molecule has 0 aromatic heterocycles. The van der Waals surface area contributed by atoms with Crippen molar-refractivity contribution in [2.45, 2.75) is 66.2 Å². The first-order valence-electron chi connectivity index (χ1n) is 12.6. The van der Waals surface area contributed by atoms with Gasteiger partial charge in [0.2, 0.25) is 0 Å². The number of allylic oxidation sites excluding steroid dienone is 1. The van der Waals surface area contributed by atoms with Crippen molar-refractivity contribution in [3.05, 3.63) is 12.2 Å². The van der Waals surface area contributed by atoms with Gasteiger partial charge < -0.3 is 14.2 Å². The highest BCUT2D eigenvalue weighted by atomic mass is 16.5. The van der Waals surface area contributed by atoms with Gasteiger partial charge in [-0.15, -0.1) is 0 Å². The van der Waals surface area contributed by atoms with Crippen LogP contribution in [-0.2, 0) is 38.2 Å². The Bertz CT molecular complexity index is 984. The van der Waals surface area contributed by atoms with Crippen molar-refractivity contribution in [2.24, 2.45) is 39.9 Å². The SMILES string of the molecule is C=C1C(=O)[C@]23CC[C@H]1CC2[C@]1(COC(C)=O)CCC[C@@](C)(COC(C)=O)C1[C@H](COC(C)=O)C3=O. The normalized spacial score (nSPS) is 39.9. The van der Waals surface area contributed by atoms with E-state index in [1.807, 2.05) is 6.92 Å². The van der Waals surface area contributed by atoms with E-state index in [9.17, 15) is 24.0 Å². The van der Waals surface area contributed by atoms with Gasteiger partial charge in [0, 0.05) is 31.6 Å². The molecule has 8 nitrogen and oxygen atoms in total. The summed E-state index contributed by atoms with van der Waals surface area (Å²) in [5.74, 6) is -3.24. The Morgan fingerprint density at radius 3 is 2.20 bits per heavy atom. The molecule has 5 aliphatic carbocycles. The number of ketones is 2. The Balaban J connectivity index is 1.91. The number of esters is 3. The maximum absolute atomic E-state index is 14.4. The number of ether oxygens (including phenoxy) is 3. The predicted molar refractivity (Wildman–Crippen MR) is 124 cm³/mol. The molecule has 8 heteroatoms. The van der Waals surface area contributed by atoms with Gasteiger partial charge in [-0.1, -0.05) is 19.9 Å². The van der Waals surface area contributed by atoms with Gasteiger partial charge in [-0.3, -0.25) is 24.0 Å². The molecule has 2 bridgehead atoms. The standard InChI is InChI=1S/C27H36O8/c1-15-19-7-10-27(23(15)31)21(11-19)26(14-35-18(4)30)9-6-8-25(5,13-34-17(3)29)22(26)20(24(27)32)12-33-16(2)28/h19-22H,1,6-14H2,2-5H3/t19-,20-,21?,22?,25-,26+,27-/m0/s1. The second kappa shape index (κ2) is 8.86. The van der Waals surface area contributed by atoms with Gasteiger partial charge in [-0.05, 0) is 55.4 Å². The van der Waals surface area contributed by atoms with E-state index < -0.39 is 46.0 Å². The van der Waals surface area contributed by atoms with Crippen LogP contribution in [0.1, 0.15) is 66.2 Å². The van der Waals surface area contributed by atoms with Crippen LogP contribution in [0.4, 0.5) is 0 Å². The molecule has 0 aromatic rings. The Morgan fingerprint density at radius 1 is 0.943 bits per heavy atom. The Morgan fingerprint density at radius 2 is 1.57 bits per heavy atom. The summed E-state index contributed by atoms with van der Waals surface area (Å²) < 4.78 is 16.6. The van der Waals surface area contributed by atoms with Gasteiger partial charge in [0.25, 0.3) is 0 Å². The number of rotatable bonds is 6. The zero-order valence-corrected chi connectivity index (χ0v) is 21.1. The topological polar surface area (TPSA) is 113 Å². The largest absolute Gasteiger partial charge is 0.465 e. The third-order valence-electron chi connectivity index (χ3n) is 9.44. The molecule has 5 aliphatic rings. The fraction of sp³-hybridized carbons (Fsp3) is 0.741. The summed E-state index contributed by atoms with van der Waals surface area (Å²) in [5.41, 5.74) is -2.05. The number of carbonyl (C=O) groups excluding carboxylic acids is 5. The molecule has 5 saturated carbocycles. The number of carbonyl (C=O) groups is 5. The lowest BCUT2D eigenvalue weighted by molar-refractivity contribution is -0.224. The molecular formula is C27H36O8. The highest BCUT2D eigenvalue weighted by molar-refractivity contribution is 6.17. The van der Waals surface area contributed by atoms with E-state index in [2.05, 4.69) is 6.58 Å². The third kappa shape index (κ3) is 3.84. The van der Waals surface area contributed by atoms with Crippen molar-refractivity contribution in [3.8, 4) is 0 Å². The highest BCUT2D eigenvalue weighted by Gasteiger charge is 2.74. The van der Waals surface area contributed by atoms with Crippen LogP contribution >= 0.6 is 0 Å². The van der Waals surface area contributed by atoms with E-state index in [0.717, 1.165) is 6.42 Å². The molecule has 0 aromatic carbocycles. The monoisotopic (exact) mass is 488 g/mol. The third-order valence-corrected chi connectivity index (χ3v) is 9.44. The van der Waals surface area contributed by atoms with Gasteiger partial charge >= 0.3 is 17.9 Å². The average Bonchev–Trinajstić information content (AvgIpc) is 2.80. The minimum atomic E-state index is -1.24. The van der Waals surface area contributed by atoms with Crippen LogP contribution in [0.2, 0.25) is 0 Å². The first-order chi connectivity index (χ1) is 16.4. The molecular weight excluding hydrogens is 452 g/mol. The summed E-state index contributed by atoms with van der Waals surface area (Å²) in [6.07, 6.45) is 3.93. The lowest BCUT2D eigenvalue weighted by atomic mass is 9.34. The van der Waals surface area contributed by atoms with Crippen LogP contribution in [0.15, 0.2) is 12.2 Å². The quantitative estimate of drug-likeness (QED) is 0.242. The van der Waals surface area contributed by atoms with Crippen molar-refractivity contribution in [2.75, 3.05) is 19.8 Å². The summed E-state index contributed by atoms with van der Waals surface area (Å²) >= 11 is 0. The van der Waals surface area contributed by atoms with Crippen LogP contribution in [0.3, 0.4) is 0 Å². The molecule has 0 N–H and O–H groups in total. The lowest BCUT2D eigenvalue weighted by Gasteiger charge is -2.68. The summed E-state index contributed by atoms with van der Waals surface area (Å²) in [4.78, 5) is 63.8. The first kappa shape index (κ1) is 25.6. The van der Waals surface area contributed by atoms with Crippen molar-refractivity contribution >= 4 is 29.5 Å². The second-order valence-corrected chi connectivity index (χ2v) is 11.4. The Labute approximate surface area is 206 Å². The Hall–Kier alpha value is -2.51. The van der Waals surface area contributed by atoms with E-state index in [1.165, 1.54) is 20.8 Å². The molecule has 0 aliphatic heterocycles. The summed E-state index contributed by atoms with van der Waals surface area (Å²) in [6.45, 7) is 10.0. The zero-order valence-electron chi connectivity index (χ0n) is 21.1. The number of fused-ring (bicyclic) bond motifs is 3. The fourth-order valence-corrected chi connectivity index (χ4v) is 8.26. The molecule has 5 fully saturated rings. The van der Waals surface area contributed by atoms with Crippen molar-refractivity contribution in [3.63, 3.8) is 0 Å². The maximum Gasteiger partial charge on any atom is 0.302 e. The zero-order chi connectivity index (χ0) is 25.8. The number of hydrogen-bond donors (Lipinski definition) is 0. The van der Waals surface area contributed by atoms with Crippen LogP contribution in [0, 0.1) is 39.9 Å². The van der Waals surface area contributed by atoms with E-state index >= 15 is 0 Å². The summed E-state index contributed by atoms with van der Waals surface area (Å²) in [5, 5.41) is 0. The molecule has 1 spiro atoms. The molecule has 0 heterocycles. The maximum atomic E-state index is 14.4. The molecule has 0 radical (unpaired) electrons. The molecule has 2 unspecified atom stereocenters. The molecule has 5 rings (SSSR count). The van der Waals surface area contributed by atoms with E-state index in [-0.39, 0.29) is 43.2 Å². The summed E-state index contributed by atoms with van der Waals surface area (Å²) in [6, 6.07) is 0. The van der Waals surface area contributed by atoms with Crippen LogP contribution in [-0.4, -0.2) is 49.3 Å². The fourth-order valence-electron chi connectivity index (χ4n) is 8.26. The lowest BCUT2D eigenvalue weighted by Crippen LogP contribution is -2.72. The van der Waals surface area contributed by atoms with Crippen molar-refractivity contribution in [1.82, 2.24) is 0 Å². The van der Waals surface area contributed by atoms with Crippen molar-refractivity contribution < 1.29 is 38.2 Å². The molecule has 7 atom stereocenters. The minimum absolute atomic E-state index is 0.00343. The van der Waals surface area contributed by atoms with Crippen molar-refractivity contribution in [1.29, 1.82) is 0 Å². The predicted octanol–water partition coefficient (Wildman–Crippen LogP) is 3.21. The Kier molecular flexibility index (Phi) is 6.47. The molecule has 35 heavy (non-hydrogen) atoms. The summed E-state index contributed by atoms with van der Waals surface area (Å²) in [7, 11) is 0. The van der Waals surface area contributed by atoms with Crippen LogP contribution in [0.5, 0.6) is 0 Å². The average molecular weight is 489 g/mol. The minimum Gasteiger partial charge on any atom is -0.465 e. The number of hydrogen-bond acceptors (Lipinski definition) is 8. The van der Waals surface area contributed by atoms with E-state index in [4.69, 9.17) is 14.2 Å². The highest BCUT2D eigenvalue weighted by Crippen LogP contribution is 2.71. The van der Waals surface area contributed by atoms with Gasteiger partial charge in [0.05, 0.1) is 24.5 Å². The molecule has 192 valence electrons. The van der Waals surface area contributed by atoms with Crippen LogP contribution < -0.4 is 0 Å². The van der Waals surface area contributed by atoms with E-state index in [1.54, 1.807) is 0 Å². The van der Waals surface area contributed by atoms with Gasteiger partial charge in [0.1, 0.15) is 6.61 Å². The second-order valence-electron chi connectivity index (χ2n) is 11.4.